The zero-order valence-corrected chi connectivity index (χ0v) is 11.9. The Morgan fingerprint density at radius 3 is 2.13 bits per heavy atom. The van der Waals surface area contributed by atoms with Crippen molar-refractivity contribution in [2.45, 2.75) is 0 Å². The molecule has 0 atom stereocenters. The quantitative estimate of drug-likeness (QED) is 0.451. The van der Waals surface area contributed by atoms with Crippen molar-refractivity contribution in [3.05, 3.63) is 53.9 Å². The number of nitrogens with zero attached hydrogens (tertiary/aromatic N) is 1. The first-order valence-electron chi connectivity index (χ1n) is 6.43. The van der Waals surface area contributed by atoms with Gasteiger partial charge in [-0.3, -0.25) is 0 Å². The summed E-state index contributed by atoms with van der Waals surface area (Å²) in [4.78, 5) is 27.7. The number of carbonyl (C=O) groups is 2. The van der Waals surface area contributed by atoms with Crippen LogP contribution in [-0.4, -0.2) is 32.1 Å². The normalized spacial score (nSPS) is 9.91. The van der Waals surface area contributed by atoms with Crippen LogP contribution in [0.5, 0.6) is 0 Å². The molecule has 1 aromatic heterocycles. The Morgan fingerprint density at radius 1 is 0.913 bits per heavy atom. The van der Waals surface area contributed by atoms with Crippen LogP contribution in [0.2, 0.25) is 0 Å². The van der Waals surface area contributed by atoms with Gasteiger partial charge in [-0.25, -0.2) is 14.6 Å². The largest absolute Gasteiger partial charge is 0.478 e. The van der Waals surface area contributed by atoms with Gasteiger partial charge >= 0.3 is 11.9 Å². The van der Waals surface area contributed by atoms with Crippen molar-refractivity contribution in [2.24, 2.45) is 0 Å². The minimum atomic E-state index is -1.00. The molecule has 0 bridgehead atoms. The zero-order chi connectivity index (χ0) is 17.0. The Morgan fingerprint density at radius 2 is 1.52 bits per heavy atom. The van der Waals surface area contributed by atoms with Crippen LogP contribution in [0.1, 0.15) is 20.7 Å². The van der Waals surface area contributed by atoms with Crippen molar-refractivity contribution >= 4 is 34.3 Å². The molecule has 23 heavy (non-hydrogen) atoms. The maximum Gasteiger partial charge on any atom is 0.335 e. The second-order valence-electron chi connectivity index (χ2n) is 4.59. The van der Waals surface area contributed by atoms with Gasteiger partial charge in [0.15, 0.2) is 0 Å². The summed E-state index contributed by atoms with van der Waals surface area (Å²) in [6, 6.07) is 8.98. The minimum Gasteiger partial charge on any atom is -0.478 e. The number of hydrogen-bond donors (Lipinski definition) is 5. The lowest BCUT2D eigenvalue weighted by Gasteiger charge is -1.99. The van der Waals surface area contributed by atoms with Gasteiger partial charge in [-0.15, -0.1) is 0 Å². The number of hydrogen-bond acceptors (Lipinski definition) is 5. The Labute approximate surface area is 130 Å². The van der Waals surface area contributed by atoms with E-state index in [9.17, 15) is 9.59 Å². The van der Waals surface area contributed by atoms with E-state index in [4.69, 9.17) is 21.7 Å². The fraction of sp³-hybridized carbons (Fsp3) is 0. The van der Waals surface area contributed by atoms with E-state index in [1.165, 1.54) is 30.6 Å². The van der Waals surface area contributed by atoms with Crippen molar-refractivity contribution < 1.29 is 19.8 Å². The molecule has 7 N–H and O–H groups in total. The lowest BCUT2D eigenvalue weighted by molar-refractivity contribution is 0.0686. The Balaban J connectivity index is 0.000000168. The summed E-state index contributed by atoms with van der Waals surface area (Å²) in [7, 11) is 0. The third-order valence-electron chi connectivity index (χ3n) is 3.00. The van der Waals surface area contributed by atoms with E-state index in [-0.39, 0.29) is 11.1 Å². The van der Waals surface area contributed by atoms with Crippen molar-refractivity contribution in [2.75, 3.05) is 11.5 Å². The van der Waals surface area contributed by atoms with E-state index in [0.717, 1.165) is 11.0 Å². The molecule has 118 valence electrons. The van der Waals surface area contributed by atoms with Crippen LogP contribution < -0.4 is 11.5 Å². The number of H-pyrrole nitrogens is 1. The van der Waals surface area contributed by atoms with E-state index in [1.807, 2.05) is 0 Å². The van der Waals surface area contributed by atoms with Gasteiger partial charge in [-0.2, -0.15) is 0 Å². The average molecular weight is 314 g/mol. The van der Waals surface area contributed by atoms with Crippen molar-refractivity contribution in [1.29, 1.82) is 0 Å². The number of carboxylic acid groups (broad SMARTS) is 2. The van der Waals surface area contributed by atoms with Gasteiger partial charge in [-0.1, -0.05) is 0 Å². The van der Waals surface area contributed by atoms with Crippen molar-refractivity contribution in [3.63, 3.8) is 0 Å². The van der Waals surface area contributed by atoms with Crippen molar-refractivity contribution in [1.82, 2.24) is 9.97 Å². The van der Waals surface area contributed by atoms with Crippen LogP contribution in [0.15, 0.2) is 42.7 Å². The number of nitrogens with one attached hydrogen (secondary N) is 1. The summed E-state index contributed by atoms with van der Waals surface area (Å²) in [5, 5.41) is 17.2. The number of anilines is 2. The molecule has 0 spiro atoms. The number of nitrogen functional groups attached to an aromatic ring is 2. The van der Waals surface area contributed by atoms with Crippen LogP contribution in [-0.2, 0) is 0 Å². The molecular formula is C15H14N4O4. The van der Waals surface area contributed by atoms with Crippen molar-refractivity contribution in [3.8, 4) is 0 Å². The maximum atomic E-state index is 10.5. The van der Waals surface area contributed by atoms with E-state index in [2.05, 4.69) is 9.97 Å². The van der Waals surface area contributed by atoms with E-state index >= 15 is 0 Å². The molecule has 3 aromatic rings. The molecule has 0 radical (unpaired) electrons. The molecular weight excluding hydrogens is 300 g/mol. The van der Waals surface area contributed by atoms with Crippen LogP contribution in [0.3, 0.4) is 0 Å². The van der Waals surface area contributed by atoms with Gasteiger partial charge in [0.25, 0.3) is 0 Å². The molecule has 2 aromatic carbocycles. The molecule has 8 nitrogen and oxygen atoms in total. The third-order valence-corrected chi connectivity index (χ3v) is 3.00. The number of aromatic carboxylic acids is 2. The highest BCUT2D eigenvalue weighted by Gasteiger charge is 2.04. The highest BCUT2D eigenvalue weighted by molar-refractivity contribution is 5.92. The molecule has 0 unspecified atom stereocenters. The third kappa shape index (κ3) is 3.76. The summed E-state index contributed by atoms with van der Waals surface area (Å²) in [5.74, 6) is -1.93. The molecule has 3 rings (SSSR count). The second kappa shape index (κ2) is 6.48. The van der Waals surface area contributed by atoms with Gasteiger partial charge in [0.2, 0.25) is 0 Å². The predicted molar refractivity (Wildman–Crippen MR) is 85.3 cm³/mol. The number of aromatic nitrogens is 2. The van der Waals surface area contributed by atoms with Gasteiger partial charge in [-0.05, 0) is 36.4 Å². The summed E-state index contributed by atoms with van der Waals surface area (Å²) in [6.45, 7) is 0. The first-order valence-corrected chi connectivity index (χ1v) is 6.43. The minimum absolute atomic E-state index is 0.150. The smallest absolute Gasteiger partial charge is 0.335 e. The van der Waals surface area contributed by atoms with E-state index < -0.39 is 11.9 Å². The second-order valence-corrected chi connectivity index (χ2v) is 4.59. The van der Waals surface area contributed by atoms with Crippen LogP contribution >= 0.6 is 0 Å². The SMILES string of the molecule is Nc1ccc(C(=O)O)cc1N.O=C(O)c1ccc2nc[nH]c2c1. The number of imidazole rings is 1. The Kier molecular flexibility index (Phi) is 4.46. The first kappa shape index (κ1) is 15.8. The predicted octanol–water partition coefficient (Wildman–Crippen LogP) is 1.81. The maximum absolute atomic E-state index is 10.5. The molecule has 0 aliphatic carbocycles. The fourth-order valence-corrected chi connectivity index (χ4v) is 1.78. The lowest BCUT2D eigenvalue weighted by Crippen LogP contribution is -2.00. The number of aromatic amines is 1. The molecule has 0 saturated heterocycles. The standard InChI is InChI=1S/C8H6N2O2.C7H8N2O2/c11-8(12)5-1-2-6-7(3-5)10-4-9-6;8-5-2-1-4(7(10)11)3-6(5)9/h1-4H,(H,9,10)(H,11,12);1-3H,8-9H2,(H,10,11). The summed E-state index contributed by atoms with van der Waals surface area (Å²) < 4.78 is 0. The topological polar surface area (TPSA) is 155 Å². The number of benzene rings is 2. The first-order chi connectivity index (χ1) is 10.9. The molecule has 0 amide bonds. The Hall–Kier alpha value is -3.55. The summed E-state index contributed by atoms with van der Waals surface area (Å²) in [6.07, 6.45) is 1.54. The van der Waals surface area contributed by atoms with Gasteiger partial charge in [0.1, 0.15) is 0 Å². The lowest BCUT2D eigenvalue weighted by atomic mass is 10.2. The molecule has 1 heterocycles. The van der Waals surface area contributed by atoms with E-state index in [0.29, 0.717) is 11.4 Å². The number of nitrogens with two attached hydrogens (primary N) is 2. The molecule has 0 fully saturated rings. The molecule has 0 saturated carbocycles. The molecule has 0 aliphatic rings. The summed E-state index contributed by atoms with van der Waals surface area (Å²) in [5.41, 5.74) is 13.4. The fourth-order valence-electron chi connectivity index (χ4n) is 1.78. The van der Waals surface area contributed by atoms with E-state index in [1.54, 1.807) is 12.1 Å². The van der Waals surface area contributed by atoms with Gasteiger partial charge < -0.3 is 26.7 Å². The molecule has 0 aliphatic heterocycles. The average Bonchev–Trinajstić information content (AvgIpc) is 2.97. The van der Waals surface area contributed by atoms with Gasteiger partial charge in [0.05, 0.1) is 39.9 Å². The monoisotopic (exact) mass is 314 g/mol. The number of fused-ring (bicyclic) bond motifs is 1. The molecule has 8 heteroatoms. The zero-order valence-electron chi connectivity index (χ0n) is 11.9. The van der Waals surface area contributed by atoms with Crippen LogP contribution in [0.4, 0.5) is 11.4 Å². The highest BCUT2D eigenvalue weighted by Crippen LogP contribution is 2.15. The summed E-state index contributed by atoms with van der Waals surface area (Å²) >= 11 is 0. The number of carboxylic acids is 2. The van der Waals surface area contributed by atoms with Crippen LogP contribution in [0.25, 0.3) is 11.0 Å². The van der Waals surface area contributed by atoms with Gasteiger partial charge in [0, 0.05) is 0 Å². The Bertz CT molecular complexity index is 873. The highest BCUT2D eigenvalue weighted by atomic mass is 16.4. The number of rotatable bonds is 2. The van der Waals surface area contributed by atoms with Crippen LogP contribution in [0, 0.1) is 0 Å².